The van der Waals surface area contributed by atoms with E-state index in [1.165, 1.54) is 5.56 Å². The molecule has 135 heavy (non-hydrogen) atoms. The van der Waals surface area contributed by atoms with Crippen LogP contribution in [-0.4, -0.2) is 244 Å². The van der Waals surface area contributed by atoms with Crippen molar-refractivity contribution in [3.63, 3.8) is 0 Å². The number of anilines is 2. The van der Waals surface area contributed by atoms with Crippen molar-refractivity contribution in [1.82, 2.24) is 37.2 Å². The minimum Gasteiger partial charge on any atom is -0.508 e. The molecular weight excluding hydrogens is 1750 g/mol. The van der Waals surface area contributed by atoms with Crippen molar-refractivity contribution >= 4 is 72.1 Å². The number of imide groups is 1. The normalized spacial score (nSPS) is 21.9. The van der Waals surface area contributed by atoms with Gasteiger partial charge in [0.05, 0.1) is 148 Å². The number of unbranched alkanes of at least 4 members (excludes halogenated alkanes) is 1. The summed E-state index contributed by atoms with van der Waals surface area (Å²) in [4.78, 5) is 146. The Kier molecular flexibility index (Phi) is 43.1. The molecule has 10 rings (SSSR count). The highest BCUT2D eigenvalue weighted by molar-refractivity contribution is 7.51. The van der Waals surface area contributed by atoms with Crippen LogP contribution in [-0.2, 0) is 125 Å². The molecule has 12 N–H and O–H groups in total. The molecule has 2 unspecified atom stereocenters. The maximum atomic E-state index is 15.0. The number of phenols is 1. The number of benzene rings is 4. The summed E-state index contributed by atoms with van der Waals surface area (Å²) in [6.07, 6.45) is 11.1. The van der Waals surface area contributed by atoms with E-state index < -0.39 is 83.5 Å². The number of aryl methyl sites for hydroxylation is 2. The fourth-order valence-electron chi connectivity index (χ4n) is 19.8. The average Bonchev–Trinajstić information content (AvgIpc) is 0.721. The van der Waals surface area contributed by atoms with Crippen LogP contribution in [0.2, 0.25) is 0 Å². The van der Waals surface area contributed by atoms with E-state index in [1.807, 2.05) is 92.7 Å². The minimum absolute atomic E-state index is 0.00871. The Balaban J connectivity index is 0.655. The fourth-order valence-corrected chi connectivity index (χ4v) is 20.2. The van der Waals surface area contributed by atoms with Crippen LogP contribution in [0.25, 0.3) is 0 Å². The molecule has 1 aliphatic heterocycles. The van der Waals surface area contributed by atoms with E-state index in [0.717, 1.165) is 103 Å². The van der Waals surface area contributed by atoms with Gasteiger partial charge in [-0.15, -0.1) is 0 Å². The fraction of sp³-hybridized carbons (Fsp3) is 0.630. The Morgan fingerprint density at radius 2 is 1.07 bits per heavy atom. The molecular formula is C100H144N11O23P. The molecule has 2 saturated carbocycles. The first-order valence-corrected chi connectivity index (χ1v) is 50.0. The number of fused-ring (bicyclic) bond motifs is 8. The number of ether oxygens (including phenoxy) is 10. The van der Waals surface area contributed by atoms with Gasteiger partial charge in [0.15, 0.2) is 0 Å². The van der Waals surface area contributed by atoms with Crippen LogP contribution in [0, 0.1) is 46.0 Å². The van der Waals surface area contributed by atoms with Crippen LogP contribution in [0.4, 0.5) is 11.4 Å². The summed E-state index contributed by atoms with van der Waals surface area (Å²) in [7, 11) is -4.09. The summed E-state index contributed by atoms with van der Waals surface area (Å²) in [6, 6.07) is 23.2. The quantitative estimate of drug-likeness (QED) is 0.00643. The first-order valence-electron chi connectivity index (χ1n) is 48.2. The van der Waals surface area contributed by atoms with E-state index in [2.05, 4.69) is 73.3 Å². The highest BCUT2D eigenvalue weighted by Crippen LogP contribution is 2.60. The van der Waals surface area contributed by atoms with Crippen LogP contribution in [0.1, 0.15) is 209 Å². The van der Waals surface area contributed by atoms with Gasteiger partial charge in [-0.3, -0.25) is 53.0 Å². The maximum absolute atomic E-state index is 15.0. The predicted octanol–water partition coefficient (Wildman–Crippen LogP) is 9.85. The number of allylic oxidation sites excluding steroid dienone is 1. The number of nitrogens with one attached hydrogen (secondary N) is 9. The number of para-hydroxylation sites is 1. The number of amides is 9. The van der Waals surface area contributed by atoms with Crippen LogP contribution in [0.15, 0.2) is 101 Å². The lowest BCUT2D eigenvalue weighted by molar-refractivity contribution is -0.150. The summed E-state index contributed by atoms with van der Waals surface area (Å²) < 4.78 is 67.2. The minimum atomic E-state index is -4.09. The standard InChI is InChI=1S/C100H144N11O23P/c1-69(2)90(94(119)105-70(3)92(117)106-76-32-28-72-30-34-84-97(4,78(72)65-76)39-17-41-99(84,6)95(120)109-96(121)100(7)42-18-40-98(5)79-66-77(112)33-29-73(79)31-35-85(98)100)108-93(118)81(23-15-16-43-103-88(115)68-134-83-25-10-8-9-22-80(91(83)110-101)102-44-47-126-50-53-129-57-58-131-59-60-132-61-62-133-63-64-135(122,123)124)107-87(114)38-46-125-49-52-128-55-56-130-54-51-127-48-45-104-86(113)36-37-89(116)111-67-75-21-12-11-19-71(75)26-27-74-20-13-14-24-82(74)111/h11-14,19-21,24,28-29,32-33,65-66,69-70,81,83-85,90,101-102,112H,8-10,15-18,22-23,25,30-31,34-64,67-68H2,1-7H3,(H,103,115)(H,104,113)(H,105,119)(H,106,117)(H,107,114)(H,108,118)(H,109,120,121)(H2,122,123,124)/b91-80-,110-101?/t70-,81+,83?,84?,85+,90-,97+,98+,99-,100-/m0/s1. The predicted molar refractivity (Wildman–Crippen MR) is 506 cm³/mol. The van der Waals surface area contributed by atoms with Crippen LogP contribution in [0.5, 0.6) is 5.75 Å². The van der Waals surface area contributed by atoms with Gasteiger partial charge < -0.3 is 104 Å². The first kappa shape index (κ1) is 108. The number of aromatic hydroxyl groups is 1. The van der Waals surface area contributed by atoms with E-state index in [-0.39, 0.29) is 171 Å². The molecule has 742 valence electrons. The average molecular weight is 1900 g/mol. The van der Waals surface area contributed by atoms with Crippen molar-refractivity contribution in [3.05, 3.63) is 135 Å². The third-order valence-corrected chi connectivity index (χ3v) is 27.9. The van der Waals surface area contributed by atoms with Gasteiger partial charge >= 0.3 is 7.60 Å². The monoisotopic (exact) mass is 1900 g/mol. The topological polar surface area (TPSA) is 459 Å². The Hall–Kier alpha value is -9.44. The molecule has 0 spiro atoms. The lowest BCUT2D eigenvalue weighted by atomic mass is 9.49. The van der Waals surface area contributed by atoms with Crippen molar-refractivity contribution in [3.8, 4) is 17.6 Å². The Morgan fingerprint density at radius 3 is 1.68 bits per heavy atom. The number of carbonyl (C=O) groups excluding carboxylic acids is 9. The van der Waals surface area contributed by atoms with Gasteiger partial charge in [-0.05, 0) is 196 Å². The molecule has 6 aliphatic rings. The molecule has 4 aromatic rings. The SMILES string of the molecule is CC(C)[C@H](NC(=O)[C@@H](CCCCNC(=O)COC1CCCCC/C(NCCOCCOCCOCCOCCOCCP(=O)(O)O)=C\1N=N)NC(=O)CCOCCOCCOCCOCCNC(=O)CCC(=O)N1Cc2ccccc2C#Cc2ccccc21)C(=O)N[C@@H](C)C(=O)Nc1ccc2c(c1)[C@@]1(C)CCC[C@](C)(C(=O)NC(=O)[C@@]3(C)CCC[C@]4(C)c5cc(O)ccc5CC[C@@H]34)C1CC2. The summed E-state index contributed by atoms with van der Waals surface area (Å²) in [5.74, 6) is 2.34. The number of hydrogen-bond donors (Lipinski definition) is 12. The summed E-state index contributed by atoms with van der Waals surface area (Å²) in [5, 5.41) is 38.1. The summed E-state index contributed by atoms with van der Waals surface area (Å²) in [5.41, 5.74) is 15.0. The molecule has 0 saturated heterocycles. The van der Waals surface area contributed by atoms with E-state index in [0.29, 0.717) is 121 Å². The highest BCUT2D eigenvalue weighted by atomic mass is 31.2. The second-order valence-electron chi connectivity index (χ2n) is 37.2. The van der Waals surface area contributed by atoms with Gasteiger partial charge in [0.25, 0.3) is 0 Å². The van der Waals surface area contributed by atoms with E-state index >= 15 is 0 Å². The van der Waals surface area contributed by atoms with Crippen molar-refractivity contribution in [2.75, 3.05) is 162 Å². The highest BCUT2D eigenvalue weighted by Gasteiger charge is 2.59. The third-order valence-electron chi connectivity index (χ3n) is 27.2. The zero-order valence-electron chi connectivity index (χ0n) is 79.8. The zero-order valence-corrected chi connectivity index (χ0v) is 80.7. The van der Waals surface area contributed by atoms with Crippen molar-refractivity contribution in [2.45, 2.75) is 225 Å². The Labute approximate surface area is 793 Å². The largest absolute Gasteiger partial charge is 0.508 e. The molecule has 2 fully saturated rings. The van der Waals surface area contributed by atoms with Crippen LogP contribution >= 0.6 is 7.60 Å². The van der Waals surface area contributed by atoms with E-state index in [4.69, 9.17) is 62.7 Å². The second kappa shape index (κ2) is 54.1. The summed E-state index contributed by atoms with van der Waals surface area (Å²) in [6.45, 7) is 19.0. The van der Waals surface area contributed by atoms with Crippen molar-refractivity contribution < 1.29 is 110 Å². The van der Waals surface area contributed by atoms with Crippen molar-refractivity contribution in [2.24, 2.45) is 33.7 Å². The van der Waals surface area contributed by atoms with E-state index in [1.54, 1.807) is 31.7 Å². The number of phenolic OH excluding ortho intramolecular Hbond substituents is 1. The Morgan fingerprint density at radius 1 is 0.526 bits per heavy atom. The van der Waals surface area contributed by atoms with Crippen molar-refractivity contribution in [1.29, 1.82) is 5.53 Å². The van der Waals surface area contributed by atoms with Crippen LogP contribution in [0.3, 0.4) is 0 Å². The van der Waals surface area contributed by atoms with Gasteiger partial charge in [0.1, 0.15) is 42.3 Å². The van der Waals surface area contributed by atoms with E-state index in [9.17, 15) is 52.8 Å². The number of nitrogens with zero attached hydrogens (tertiary/aromatic N) is 2. The second-order valence-corrected chi connectivity index (χ2v) is 39.0. The van der Waals surface area contributed by atoms with Crippen LogP contribution < -0.4 is 47.4 Å². The molecule has 35 heteroatoms. The number of rotatable bonds is 56. The molecule has 34 nitrogen and oxygen atoms in total. The zero-order chi connectivity index (χ0) is 96.8. The molecule has 0 aromatic heterocycles. The van der Waals surface area contributed by atoms with Gasteiger partial charge in [0, 0.05) is 61.4 Å². The molecule has 0 radical (unpaired) electrons. The molecule has 5 aliphatic carbocycles. The van der Waals surface area contributed by atoms with Gasteiger partial charge in [-0.2, -0.15) is 5.11 Å². The molecule has 4 aromatic carbocycles. The molecule has 0 bridgehead atoms. The number of carbonyl (C=O) groups is 9. The van der Waals surface area contributed by atoms with Gasteiger partial charge in [-0.25, -0.2) is 5.53 Å². The summed E-state index contributed by atoms with van der Waals surface area (Å²) >= 11 is 0. The lowest BCUT2D eigenvalue weighted by Gasteiger charge is -2.56. The number of hydrogen-bond acceptors (Lipinski definition) is 24. The molecule has 9 amide bonds. The Bertz CT molecular complexity index is 4770. The molecule has 10 atom stereocenters. The lowest BCUT2D eigenvalue weighted by Crippen LogP contribution is -2.60. The molecule has 1 heterocycles. The van der Waals surface area contributed by atoms with Gasteiger partial charge in [0.2, 0.25) is 53.2 Å². The first-order chi connectivity index (χ1) is 64.9. The smallest absolute Gasteiger partial charge is 0.327 e. The third kappa shape index (κ3) is 32.1. The van der Waals surface area contributed by atoms with Gasteiger partial charge in [-0.1, -0.05) is 122 Å². The maximum Gasteiger partial charge on any atom is 0.327 e.